The van der Waals surface area contributed by atoms with Crippen LogP contribution in [-0.2, 0) is 24.9 Å². The molecule has 233 valence electrons. The molecule has 0 aliphatic heterocycles. The Kier molecular flexibility index (Phi) is 11.2. The Morgan fingerprint density at radius 1 is 0.864 bits per heavy atom. The molecule has 0 spiro atoms. The van der Waals surface area contributed by atoms with Gasteiger partial charge in [-0.25, -0.2) is 13.2 Å². The molecular formula is C37H37F3IrNO2-. The average molecular weight is 777 g/mol. The minimum atomic E-state index is -2.61. The summed E-state index contributed by atoms with van der Waals surface area (Å²) in [4.78, 5) is 16.3. The van der Waals surface area contributed by atoms with Crippen LogP contribution in [0.3, 0.4) is 0 Å². The smallest absolute Gasteiger partial charge is 0.251 e. The summed E-state index contributed by atoms with van der Waals surface area (Å²) in [6, 6.07) is 21.9. The summed E-state index contributed by atoms with van der Waals surface area (Å²) in [5, 5.41) is 13.8. The van der Waals surface area contributed by atoms with E-state index in [-0.39, 0.29) is 53.9 Å². The quantitative estimate of drug-likeness (QED) is 0.0775. The number of pyridine rings is 1. The molecule has 0 saturated carbocycles. The van der Waals surface area contributed by atoms with Gasteiger partial charge in [0.15, 0.2) is 5.78 Å². The third-order valence-electron chi connectivity index (χ3n) is 8.44. The molecule has 5 rings (SSSR count). The van der Waals surface area contributed by atoms with E-state index in [0.29, 0.717) is 27.4 Å². The normalized spacial score (nSPS) is 12.3. The Hall–Kier alpha value is -3.54. The molecule has 0 atom stereocenters. The van der Waals surface area contributed by atoms with Crippen molar-refractivity contribution in [3.63, 3.8) is 0 Å². The summed E-state index contributed by atoms with van der Waals surface area (Å²) in [6.45, 7) is 11.7. The van der Waals surface area contributed by atoms with Crippen molar-refractivity contribution in [2.45, 2.75) is 60.8 Å². The molecule has 0 amide bonds. The first-order valence-corrected chi connectivity index (χ1v) is 14.5. The van der Waals surface area contributed by atoms with Crippen LogP contribution < -0.4 is 0 Å². The summed E-state index contributed by atoms with van der Waals surface area (Å²) in [6.07, 6.45) is 2.00. The van der Waals surface area contributed by atoms with Crippen molar-refractivity contribution >= 4 is 38.1 Å². The molecule has 44 heavy (non-hydrogen) atoms. The standard InChI is InChI=1S/C24H13F3N.C13H24O2.Ir/c25-22-7-3-6-17-18-10-11-28-23(20(18)9-8-19(17)22)15-12-14-4-1-2-5-16(14)21(13-15)24(26)27;1-7-12(3,4)10(14)9-11(15)13(5,6)8-2;/h1-11,13,24H;9,14H,7-8H2,1-6H3;/q-1;;/b;10-9-;. The van der Waals surface area contributed by atoms with Crippen LogP contribution in [0.1, 0.15) is 66.4 Å². The van der Waals surface area contributed by atoms with Crippen molar-refractivity contribution in [2.24, 2.45) is 10.8 Å². The maximum atomic E-state index is 14.1. The molecule has 1 radical (unpaired) electrons. The molecule has 0 bridgehead atoms. The number of hydrogen-bond donors (Lipinski definition) is 1. The van der Waals surface area contributed by atoms with Crippen molar-refractivity contribution in [3.8, 4) is 11.3 Å². The number of nitrogens with zero attached hydrogens (tertiary/aromatic N) is 1. The van der Waals surface area contributed by atoms with E-state index in [9.17, 15) is 23.1 Å². The molecule has 0 aliphatic rings. The second kappa shape index (κ2) is 14.0. The average Bonchev–Trinajstić information content (AvgIpc) is 3.00. The summed E-state index contributed by atoms with van der Waals surface area (Å²) < 4.78 is 41.5. The second-order valence-electron chi connectivity index (χ2n) is 12.0. The SMILES string of the molecule is CCC(C)(C)C(=O)/C=C(\O)C(C)(C)CC.Fc1cccc2c1ccc1c(-c3[c-]c4ccccc4c(C(F)F)c3)nccc12.[Ir]. The number of rotatable bonds is 7. The largest absolute Gasteiger partial charge is 0.512 e. The second-order valence-corrected chi connectivity index (χ2v) is 12.0. The minimum absolute atomic E-state index is 0. The fourth-order valence-electron chi connectivity index (χ4n) is 4.64. The molecule has 1 aromatic heterocycles. The van der Waals surface area contributed by atoms with Crippen molar-refractivity contribution in [1.82, 2.24) is 4.98 Å². The zero-order valence-corrected chi connectivity index (χ0v) is 28.2. The van der Waals surface area contributed by atoms with Gasteiger partial charge in [-0.15, -0.1) is 23.6 Å². The van der Waals surface area contributed by atoms with Crippen molar-refractivity contribution in [3.05, 3.63) is 102 Å². The zero-order valence-electron chi connectivity index (χ0n) is 25.8. The Labute approximate surface area is 270 Å². The molecule has 7 heteroatoms. The number of benzene rings is 4. The fourth-order valence-corrected chi connectivity index (χ4v) is 4.64. The number of carbonyl (C=O) groups excluding carboxylic acids is 1. The van der Waals surface area contributed by atoms with Crippen LogP contribution in [0.2, 0.25) is 0 Å². The first-order valence-electron chi connectivity index (χ1n) is 14.5. The third-order valence-corrected chi connectivity index (χ3v) is 8.44. The number of hydrogen-bond acceptors (Lipinski definition) is 3. The first kappa shape index (κ1) is 34.9. The number of ketones is 1. The predicted molar refractivity (Wildman–Crippen MR) is 170 cm³/mol. The molecule has 1 N–H and O–H groups in total. The summed E-state index contributed by atoms with van der Waals surface area (Å²) >= 11 is 0. The van der Waals surface area contributed by atoms with Gasteiger partial charge in [0.1, 0.15) is 11.6 Å². The van der Waals surface area contributed by atoms with Crippen molar-refractivity contribution in [1.29, 1.82) is 0 Å². The first-order chi connectivity index (χ1) is 20.3. The van der Waals surface area contributed by atoms with Crippen LogP contribution in [0.15, 0.2) is 84.8 Å². The Morgan fingerprint density at radius 2 is 1.48 bits per heavy atom. The van der Waals surface area contributed by atoms with Gasteiger partial charge >= 0.3 is 0 Å². The topological polar surface area (TPSA) is 50.2 Å². The van der Waals surface area contributed by atoms with Gasteiger partial charge < -0.3 is 5.11 Å². The maximum Gasteiger partial charge on any atom is 0.251 e. The van der Waals surface area contributed by atoms with Gasteiger partial charge in [0.2, 0.25) is 0 Å². The van der Waals surface area contributed by atoms with Gasteiger partial charge in [-0.1, -0.05) is 95.0 Å². The van der Waals surface area contributed by atoms with Crippen LogP contribution >= 0.6 is 0 Å². The van der Waals surface area contributed by atoms with E-state index in [4.69, 9.17) is 0 Å². The Morgan fingerprint density at radius 3 is 2.14 bits per heavy atom. The summed E-state index contributed by atoms with van der Waals surface area (Å²) in [5.41, 5.74) is 0.318. The summed E-state index contributed by atoms with van der Waals surface area (Å²) in [7, 11) is 0. The van der Waals surface area contributed by atoms with Gasteiger partial charge in [0, 0.05) is 54.3 Å². The monoisotopic (exact) mass is 777 g/mol. The zero-order chi connectivity index (χ0) is 31.5. The number of aromatic nitrogens is 1. The van der Waals surface area contributed by atoms with Crippen LogP contribution in [0.5, 0.6) is 0 Å². The molecule has 0 aliphatic carbocycles. The molecular weight excluding hydrogens is 740 g/mol. The van der Waals surface area contributed by atoms with Crippen molar-refractivity contribution < 1.29 is 43.2 Å². The van der Waals surface area contributed by atoms with E-state index < -0.39 is 6.43 Å². The minimum Gasteiger partial charge on any atom is -0.512 e. The number of fused-ring (bicyclic) bond motifs is 4. The number of aliphatic hydroxyl groups is 1. The van der Waals surface area contributed by atoms with E-state index in [2.05, 4.69) is 11.1 Å². The molecule has 5 aromatic rings. The van der Waals surface area contributed by atoms with E-state index in [1.165, 1.54) is 18.2 Å². The number of carbonyl (C=O) groups is 1. The van der Waals surface area contributed by atoms with Crippen LogP contribution in [-0.4, -0.2) is 15.9 Å². The predicted octanol–water partition coefficient (Wildman–Crippen LogP) is 11.0. The van der Waals surface area contributed by atoms with Crippen LogP contribution in [0, 0.1) is 22.7 Å². The molecule has 4 aromatic carbocycles. The van der Waals surface area contributed by atoms with Gasteiger partial charge in [-0.2, -0.15) is 0 Å². The van der Waals surface area contributed by atoms with Gasteiger partial charge in [0.05, 0.1) is 0 Å². The Bertz CT molecular complexity index is 1830. The van der Waals surface area contributed by atoms with Crippen LogP contribution in [0.25, 0.3) is 43.6 Å². The molecule has 3 nitrogen and oxygen atoms in total. The third kappa shape index (κ3) is 7.22. The molecule has 0 saturated heterocycles. The Balaban J connectivity index is 0.000000286. The number of alkyl halides is 2. The summed E-state index contributed by atoms with van der Waals surface area (Å²) in [5.74, 6) is -0.101. The van der Waals surface area contributed by atoms with Gasteiger partial charge in [0.25, 0.3) is 6.43 Å². The number of aliphatic hydroxyl groups excluding tert-OH is 1. The molecule has 0 unspecified atom stereocenters. The van der Waals surface area contributed by atoms with E-state index in [1.807, 2.05) is 53.7 Å². The maximum absolute atomic E-state index is 14.1. The van der Waals surface area contributed by atoms with Gasteiger partial charge in [-0.05, 0) is 46.7 Å². The van der Waals surface area contributed by atoms with E-state index >= 15 is 0 Å². The van der Waals surface area contributed by atoms with Gasteiger partial charge in [-0.3, -0.25) is 9.78 Å². The van der Waals surface area contributed by atoms with Crippen molar-refractivity contribution in [2.75, 3.05) is 0 Å². The number of allylic oxidation sites excluding steroid dienone is 2. The number of halogens is 3. The van der Waals surface area contributed by atoms with Crippen LogP contribution in [0.4, 0.5) is 13.2 Å². The van der Waals surface area contributed by atoms with E-state index in [0.717, 1.165) is 29.0 Å². The van der Waals surface area contributed by atoms with E-state index in [1.54, 1.807) is 48.7 Å². The fraction of sp³-hybridized carbons (Fsp3) is 0.297. The molecule has 0 fully saturated rings. The molecule has 1 heterocycles.